The topological polar surface area (TPSA) is 127 Å². The molecule has 0 bridgehead atoms. The fourth-order valence-corrected chi connectivity index (χ4v) is 5.15. The Labute approximate surface area is 250 Å². The smallest absolute Gasteiger partial charge is 0.387 e. The average molecular weight is 647 g/mol. The van der Waals surface area contributed by atoms with Crippen LogP contribution in [0.25, 0.3) is 0 Å². The van der Waals surface area contributed by atoms with Crippen LogP contribution in [0.2, 0.25) is 10.0 Å². The zero-order chi connectivity index (χ0) is 30.6. The molecule has 226 valence electrons. The highest BCUT2D eigenvalue weighted by molar-refractivity contribution is 7.92. The van der Waals surface area contributed by atoms with Crippen molar-refractivity contribution >= 4 is 44.9 Å². The number of aromatic nitrogens is 1. The summed E-state index contributed by atoms with van der Waals surface area (Å²) in [5.41, 5.74) is 0.739. The Balaban J connectivity index is 1.71. The molecule has 0 amide bonds. The van der Waals surface area contributed by atoms with Crippen molar-refractivity contribution in [2.45, 2.75) is 32.0 Å². The molecule has 1 aliphatic rings. The first-order valence-corrected chi connectivity index (χ1v) is 15.1. The van der Waals surface area contributed by atoms with Gasteiger partial charge in [-0.1, -0.05) is 29.3 Å². The predicted octanol–water partition coefficient (Wildman–Crippen LogP) is 5.54. The number of nitrogens with one attached hydrogen (secondary N) is 1. The summed E-state index contributed by atoms with van der Waals surface area (Å²) in [7, 11) is -2.31. The third-order valence-corrected chi connectivity index (χ3v) is 7.41. The summed E-state index contributed by atoms with van der Waals surface area (Å²) in [5.74, 6) is -0.714. The maximum absolute atomic E-state index is 13.4. The van der Waals surface area contributed by atoms with Crippen molar-refractivity contribution in [2.24, 2.45) is 5.92 Å². The Bertz CT molecular complexity index is 1550. The van der Waals surface area contributed by atoms with Crippen LogP contribution in [0.3, 0.4) is 0 Å². The first-order chi connectivity index (χ1) is 19.8. The predicted molar refractivity (Wildman–Crippen MR) is 150 cm³/mol. The van der Waals surface area contributed by atoms with Crippen LogP contribution in [0.4, 0.5) is 14.5 Å². The molecule has 15 heteroatoms. The Morgan fingerprint density at radius 2 is 1.79 bits per heavy atom. The molecule has 1 fully saturated rings. The number of methoxy groups -OCH3 is 1. The van der Waals surface area contributed by atoms with Gasteiger partial charge in [0.25, 0.3) is 0 Å². The Kier molecular flexibility index (Phi) is 9.85. The summed E-state index contributed by atoms with van der Waals surface area (Å²) in [4.78, 5) is 13.4. The first-order valence-electron chi connectivity index (χ1n) is 12.5. The largest absolute Gasteiger partial charge is 0.619 e. The van der Waals surface area contributed by atoms with E-state index < -0.39 is 28.7 Å². The molecule has 0 radical (unpaired) electrons. The monoisotopic (exact) mass is 646 g/mol. The van der Waals surface area contributed by atoms with E-state index in [-0.39, 0.29) is 50.5 Å². The molecule has 3 aromatic rings. The van der Waals surface area contributed by atoms with E-state index in [0.29, 0.717) is 22.8 Å². The second-order valence-corrected chi connectivity index (χ2v) is 12.1. The number of carbonyl (C=O) groups excluding carboxylic acids is 1. The van der Waals surface area contributed by atoms with Gasteiger partial charge in [0.2, 0.25) is 10.0 Å². The lowest BCUT2D eigenvalue weighted by atomic mass is 10.0. The molecule has 2 aromatic carbocycles. The molecule has 0 aliphatic heterocycles. The van der Waals surface area contributed by atoms with Crippen LogP contribution in [0.1, 0.15) is 40.4 Å². The number of ether oxygens (including phenoxy) is 4. The fraction of sp³-hybridized carbons (Fsp3) is 0.333. The number of pyridine rings is 1. The maximum atomic E-state index is 13.4. The highest BCUT2D eigenvalue weighted by Crippen LogP contribution is 2.38. The molecule has 10 nitrogen and oxygen atoms in total. The van der Waals surface area contributed by atoms with Crippen molar-refractivity contribution < 1.29 is 45.7 Å². The maximum Gasteiger partial charge on any atom is 0.387 e. The molecule has 42 heavy (non-hydrogen) atoms. The van der Waals surface area contributed by atoms with E-state index in [1.807, 2.05) is 0 Å². The van der Waals surface area contributed by atoms with Gasteiger partial charge in [0, 0.05) is 18.1 Å². The minimum absolute atomic E-state index is 0.00944. The summed E-state index contributed by atoms with van der Waals surface area (Å²) in [6, 6.07) is 8.11. The minimum Gasteiger partial charge on any atom is -0.619 e. The second kappa shape index (κ2) is 13.2. The average Bonchev–Trinajstić information content (AvgIpc) is 3.72. The van der Waals surface area contributed by atoms with Crippen LogP contribution in [-0.2, 0) is 21.2 Å². The molecule has 1 aliphatic carbocycles. The van der Waals surface area contributed by atoms with E-state index in [0.717, 1.165) is 31.5 Å². The van der Waals surface area contributed by atoms with Crippen LogP contribution in [-0.4, -0.2) is 41.0 Å². The summed E-state index contributed by atoms with van der Waals surface area (Å²) >= 11 is 12.6. The molecule has 4 rings (SSSR count). The van der Waals surface area contributed by atoms with Gasteiger partial charge in [-0.25, -0.2) is 13.2 Å². The number of anilines is 1. The van der Waals surface area contributed by atoms with Gasteiger partial charge in [-0.2, -0.15) is 13.5 Å². The lowest BCUT2D eigenvalue weighted by molar-refractivity contribution is -0.605. The van der Waals surface area contributed by atoms with E-state index in [9.17, 15) is 27.2 Å². The van der Waals surface area contributed by atoms with E-state index >= 15 is 0 Å². The molecule has 1 saturated carbocycles. The molecule has 1 aromatic heterocycles. The Morgan fingerprint density at radius 3 is 2.38 bits per heavy atom. The van der Waals surface area contributed by atoms with E-state index in [1.54, 1.807) is 0 Å². The zero-order valence-corrected chi connectivity index (χ0v) is 24.6. The van der Waals surface area contributed by atoms with Crippen LogP contribution in [0.5, 0.6) is 17.2 Å². The minimum atomic E-state index is -3.60. The van der Waals surface area contributed by atoms with Gasteiger partial charge in [-0.05, 0) is 48.6 Å². The number of halogens is 4. The normalized spacial score (nSPS) is 13.9. The van der Waals surface area contributed by atoms with Gasteiger partial charge in [0.15, 0.2) is 23.9 Å². The van der Waals surface area contributed by atoms with Gasteiger partial charge >= 0.3 is 12.6 Å². The van der Waals surface area contributed by atoms with E-state index in [2.05, 4.69) is 9.46 Å². The Morgan fingerprint density at radius 1 is 1.10 bits per heavy atom. The highest BCUT2D eigenvalue weighted by Gasteiger charge is 2.27. The molecule has 1 heterocycles. The molecular formula is C27H26Cl2F2N2O8S. The van der Waals surface area contributed by atoms with Gasteiger partial charge in [0.05, 0.1) is 25.7 Å². The molecule has 0 spiro atoms. The summed E-state index contributed by atoms with van der Waals surface area (Å²) < 4.78 is 73.7. The van der Waals surface area contributed by atoms with Gasteiger partial charge in [-0.15, -0.1) is 0 Å². The van der Waals surface area contributed by atoms with Gasteiger partial charge in [-0.3, -0.25) is 4.72 Å². The SMILES string of the molecule is COc1cc(NS(C)(=O)=O)ccc1C(=O)O[C@@H](Cc1c(Cl)c[n+]([O-])cc1Cl)c1ccc(OC(F)F)c(OCC2CC2)c1. The molecule has 1 N–H and O–H groups in total. The van der Waals surface area contributed by atoms with Crippen molar-refractivity contribution in [1.82, 2.24) is 0 Å². The second-order valence-electron chi connectivity index (χ2n) is 9.52. The highest BCUT2D eigenvalue weighted by atomic mass is 35.5. The number of sulfonamides is 1. The third-order valence-electron chi connectivity index (χ3n) is 6.15. The van der Waals surface area contributed by atoms with Crippen molar-refractivity contribution in [3.8, 4) is 17.2 Å². The van der Waals surface area contributed by atoms with Crippen molar-refractivity contribution in [1.29, 1.82) is 0 Å². The van der Waals surface area contributed by atoms with Gasteiger partial charge in [0.1, 0.15) is 27.5 Å². The van der Waals surface area contributed by atoms with Crippen molar-refractivity contribution in [3.05, 3.63) is 80.7 Å². The molecular weight excluding hydrogens is 621 g/mol. The quantitative estimate of drug-likeness (QED) is 0.146. The number of hydrogen-bond donors (Lipinski definition) is 1. The van der Waals surface area contributed by atoms with Crippen LogP contribution < -0.4 is 23.7 Å². The Hall–Kier alpha value is -3.55. The zero-order valence-electron chi connectivity index (χ0n) is 22.3. The number of benzene rings is 2. The summed E-state index contributed by atoms with van der Waals surface area (Å²) in [6.45, 7) is -2.81. The summed E-state index contributed by atoms with van der Waals surface area (Å²) in [5, 5.41) is 11.8. The number of rotatable bonds is 13. The molecule has 0 saturated heterocycles. The summed E-state index contributed by atoms with van der Waals surface area (Å²) in [6.07, 6.45) is 3.82. The van der Waals surface area contributed by atoms with E-state index in [4.69, 9.17) is 37.4 Å². The number of nitrogens with zero attached hydrogens (tertiary/aromatic N) is 1. The van der Waals surface area contributed by atoms with Crippen molar-refractivity contribution in [3.63, 3.8) is 0 Å². The van der Waals surface area contributed by atoms with E-state index in [1.165, 1.54) is 43.5 Å². The first kappa shape index (κ1) is 31.4. The number of hydrogen-bond acceptors (Lipinski definition) is 8. The lowest BCUT2D eigenvalue weighted by Gasteiger charge is -2.22. The third kappa shape index (κ3) is 8.49. The molecule has 0 unspecified atom stereocenters. The number of carbonyl (C=O) groups is 1. The molecule has 1 atom stereocenters. The van der Waals surface area contributed by atoms with Crippen LogP contribution in [0, 0.1) is 11.1 Å². The number of alkyl halides is 2. The number of esters is 1. The van der Waals surface area contributed by atoms with Gasteiger partial charge < -0.3 is 24.2 Å². The van der Waals surface area contributed by atoms with Crippen LogP contribution >= 0.6 is 23.2 Å². The van der Waals surface area contributed by atoms with Crippen molar-refractivity contribution in [2.75, 3.05) is 24.7 Å². The fourth-order valence-electron chi connectivity index (χ4n) is 3.99. The standard InChI is InChI=1S/C27H26Cl2F2N2O8S/c1-38-24-10-17(32-42(2,36)37)6-7-18(24)26(34)40-23(11-19-20(28)12-33(35)13-21(19)29)16-5-8-22(41-27(30)31)25(9-16)39-14-15-3-4-15/h5-10,12-13,15,23,27,32H,3-4,11,14H2,1-2H3/t23-/m0/s1. The lowest BCUT2D eigenvalue weighted by Crippen LogP contribution is -2.25. The van der Waals surface area contributed by atoms with Crippen LogP contribution in [0.15, 0.2) is 48.8 Å².